The molecule has 2 aliphatic heterocycles. The fourth-order valence-corrected chi connectivity index (χ4v) is 2.87. The quantitative estimate of drug-likeness (QED) is 0.860. The maximum atomic E-state index is 11.9. The van der Waals surface area contributed by atoms with Crippen LogP contribution in [-0.4, -0.2) is 24.5 Å². The Morgan fingerprint density at radius 2 is 1.82 bits per heavy atom. The van der Waals surface area contributed by atoms with Gasteiger partial charge in [-0.2, -0.15) is 0 Å². The molecule has 0 radical (unpaired) electrons. The summed E-state index contributed by atoms with van der Waals surface area (Å²) in [5.41, 5.74) is 1.68. The maximum absolute atomic E-state index is 11.9. The minimum atomic E-state index is -0.340. The number of imide groups is 1. The van der Waals surface area contributed by atoms with Crippen LogP contribution in [0.1, 0.15) is 26.3 Å². The maximum Gasteiger partial charge on any atom is 0.259 e. The summed E-state index contributed by atoms with van der Waals surface area (Å²) < 4.78 is 11.6. The number of benzene rings is 2. The molecule has 0 aliphatic carbocycles. The van der Waals surface area contributed by atoms with Crippen LogP contribution < -0.4 is 14.8 Å². The van der Waals surface area contributed by atoms with Crippen molar-refractivity contribution in [2.24, 2.45) is 0 Å². The molecule has 110 valence electrons. The molecule has 1 unspecified atom stereocenters. The fraction of sp³-hybridized carbons (Fsp3) is 0.176. The number of carbonyl (C=O) groups excluding carboxylic acids is 2. The highest BCUT2D eigenvalue weighted by molar-refractivity contribution is 6.22. The van der Waals surface area contributed by atoms with E-state index in [0.717, 1.165) is 11.3 Å². The van der Waals surface area contributed by atoms with Gasteiger partial charge >= 0.3 is 0 Å². The number of ether oxygens (including phenoxy) is 2. The summed E-state index contributed by atoms with van der Waals surface area (Å²) >= 11 is 0. The van der Waals surface area contributed by atoms with Gasteiger partial charge in [0.2, 0.25) is 0 Å². The van der Waals surface area contributed by atoms with Crippen LogP contribution in [0.2, 0.25) is 0 Å². The van der Waals surface area contributed by atoms with Crippen LogP contribution in [0.5, 0.6) is 11.5 Å². The number of amides is 2. The lowest BCUT2D eigenvalue weighted by Gasteiger charge is -2.26. The van der Waals surface area contributed by atoms with E-state index in [1.165, 1.54) is 0 Å². The molecule has 0 saturated carbocycles. The third-order valence-corrected chi connectivity index (χ3v) is 3.86. The zero-order valence-corrected chi connectivity index (χ0v) is 11.7. The predicted molar refractivity (Wildman–Crippen MR) is 78.3 cm³/mol. The molecule has 4 rings (SSSR count). The number of hydrogen-bond donors (Lipinski definition) is 1. The summed E-state index contributed by atoms with van der Waals surface area (Å²) in [6.45, 7) is 0.413. The van der Waals surface area contributed by atoms with Crippen molar-refractivity contribution in [1.82, 2.24) is 5.32 Å². The summed E-state index contributed by atoms with van der Waals surface area (Å²) in [6.07, 6.45) is 0.322. The van der Waals surface area contributed by atoms with Crippen molar-refractivity contribution >= 4 is 11.8 Å². The Balaban J connectivity index is 1.61. The van der Waals surface area contributed by atoms with Gasteiger partial charge < -0.3 is 9.47 Å². The molecule has 5 heteroatoms. The molecule has 5 nitrogen and oxygen atoms in total. The van der Waals surface area contributed by atoms with E-state index in [2.05, 4.69) is 5.32 Å². The van der Waals surface area contributed by atoms with E-state index in [9.17, 15) is 9.59 Å². The molecule has 22 heavy (non-hydrogen) atoms. The normalized spacial score (nSPS) is 18.8. The topological polar surface area (TPSA) is 64.6 Å². The molecule has 2 aromatic rings. The van der Waals surface area contributed by atoms with Gasteiger partial charge in [-0.25, -0.2) is 0 Å². The predicted octanol–water partition coefficient (Wildman–Crippen LogP) is 1.95. The van der Waals surface area contributed by atoms with E-state index in [0.29, 0.717) is 29.9 Å². The van der Waals surface area contributed by atoms with Crippen molar-refractivity contribution in [1.29, 1.82) is 0 Å². The molecule has 2 aliphatic rings. The summed E-state index contributed by atoms with van der Waals surface area (Å²) in [5.74, 6) is 0.748. The van der Waals surface area contributed by atoms with Crippen LogP contribution in [0, 0.1) is 0 Å². The second-order valence-electron chi connectivity index (χ2n) is 5.32. The van der Waals surface area contributed by atoms with E-state index < -0.39 is 0 Å². The van der Waals surface area contributed by atoms with Gasteiger partial charge in [0, 0.05) is 6.42 Å². The number of carbonyl (C=O) groups is 2. The van der Waals surface area contributed by atoms with E-state index in [-0.39, 0.29) is 17.9 Å². The lowest BCUT2D eigenvalue weighted by molar-refractivity contribution is 0.0873. The molecule has 1 atom stereocenters. The molecule has 2 amide bonds. The largest absolute Gasteiger partial charge is 0.486 e. The summed E-state index contributed by atoms with van der Waals surface area (Å²) in [7, 11) is 0. The number of rotatable bonds is 2. The molecule has 0 fully saturated rings. The Hall–Kier alpha value is -2.82. The first-order valence-corrected chi connectivity index (χ1v) is 7.08. The Morgan fingerprint density at radius 3 is 2.68 bits per heavy atom. The average Bonchev–Trinajstić information content (AvgIpc) is 2.83. The van der Waals surface area contributed by atoms with Crippen LogP contribution in [-0.2, 0) is 6.42 Å². The minimum Gasteiger partial charge on any atom is -0.486 e. The molecule has 2 aromatic carbocycles. The summed E-state index contributed by atoms with van der Waals surface area (Å²) in [5, 5.41) is 2.33. The van der Waals surface area contributed by atoms with Gasteiger partial charge in [-0.15, -0.1) is 0 Å². The molecule has 1 N–H and O–H groups in total. The molecule has 0 saturated heterocycles. The van der Waals surface area contributed by atoms with Crippen LogP contribution in [0.3, 0.4) is 0 Å². The third kappa shape index (κ3) is 2.02. The van der Waals surface area contributed by atoms with E-state index >= 15 is 0 Å². The van der Waals surface area contributed by atoms with Gasteiger partial charge in [0.1, 0.15) is 12.7 Å². The number of fused-ring (bicyclic) bond motifs is 2. The van der Waals surface area contributed by atoms with Gasteiger partial charge in [-0.1, -0.05) is 24.3 Å². The summed E-state index contributed by atoms with van der Waals surface area (Å²) in [4.78, 5) is 23.6. The number of nitrogens with one attached hydrogen (secondary N) is 1. The zero-order chi connectivity index (χ0) is 15.1. The lowest BCUT2D eigenvalue weighted by atomic mass is 9.98. The Kier molecular flexibility index (Phi) is 2.85. The first kappa shape index (κ1) is 12.9. The van der Waals surface area contributed by atoms with Gasteiger partial charge in [0.05, 0.1) is 11.1 Å². The highest BCUT2D eigenvalue weighted by atomic mass is 16.6. The van der Waals surface area contributed by atoms with Gasteiger partial charge in [-0.3, -0.25) is 14.9 Å². The molecular formula is C17H13NO4. The smallest absolute Gasteiger partial charge is 0.259 e. The van der Waals surface area contributed by atoms with Crippen molar-refractivity contribution in [2.45, 2.75) is 12.5 Å². The second-order valence-corrected chi connectivity index (χ2v) is 5.32. The minimum absolute atomic E-state index is 0.190. The van der Waals surface area contributed by atoms with Crippen molar-refractivity contribution in [3.63, 3.8) is 0 Å². The molecule has 2 heterocycles. The SMILES string of the molecule is O=C1NC(=O)c2c(CC3COc4ccccc4O3)cccc21. The van der Waals surface area contributed by atoms with E-state index in [1.54, 1.807) is 12.1 Å². The van der Waals surface area contributed by atoms with Gasteiger partial charge in [-0.05, 0) is 23.8 Å². The van der Waals surface area contributed by atoms with Crippen LogP contribution >= 0.6 is 0 Å². The fourth-order valence-electron chi connectivity index (χ4n) is 2.87. The first-order chi connectivity index (χ1) is 10.7. The highest BCUT2D eigenvalue weighted by Crippen LogP contribution is 2.32. The summed E-state index contributed by atoms with van der Waals surface area (Å²) in [6, 6.07) is 12.8. The second kappa shape index (κ2) is 4.87. The van der Waals surface area contributed by atoms with Crippen molar-refractivity contribution in [2.75, 3.05) is 6.61 Å². The molecule has 0 spiro atoms. The molecular weight excluding hydrogens is 282 g/mol. The monoisotopic (exact) mass is 295 g/mol. The van der Waals surface area contributed by atoms with Crippen molar-refractivity contribution < 1.29 is 19.1 Å². The van der Waals surface area contributed by atoms with Gasteiger partial charge in [0.25, 0.3) is 11.8 Å². The van der Waals surface area contributed by atoms with Crippen LogP contribution in [0.25, 0.3) is 0 Å². The number of hydrogen-bond acceptors (Lipinski definition) is 4. The Labute approximate surface area is 126 Å². The zero-order valence-electron chi connectivity index (χ0n) is 11.7. The van der Waals surface area contributed by atoms with E-state index in [4.69, 9.17) is 9.47 Å². The van der Waals surface area contributed by atoms with Gasteiger partial charge in [0.15, 0.2) is 11.5 Å². The van der Waals surface area contributed by atoms with Crippen molar-refractivity contribution in [3.05, 3.63) is 59.2 Å². The highest BCUT2D eigenvalue weighted by Gasteiger charge is 2.31. The Bertz CT molecular complexity index is 784. The van der Waals surface area contributed by atoms with Crippen LogP contribution in [0.4, 0.5) is 0 Å². The Morgan fingerprint density at radius 1 is 1.00 bits per heavy atom. The lowest BCUT2D eigenvalue weighted by Crippen LogP contribution is -2.31. The van der Waals surface area contributed by atoms with E-state index in [1.807, 2.05) is 30.3 Å². The molecule has 0 bridgehead atoms. The third-order valence-electron chi connectivity index (χ3n) is 3.86. The number of para-hydroxylation sites is 2. The standard InChI is InChI=1S/C17H13NO4/c19-16-12-5-3-4-10(15(12)17(20)18-16)8-11-9-21-13-6-1-2-7-14(13)22-11/h1-7,11H,8-9H2,(H,18,19,20). The molecule has 0 aromatic heterocycles. The first-order valence-electron chi connectivity index (χ1n) is 7.08. The van der Waals surface area contributed by atoms with Crippen molar-refractivity contribution in [3.8, 4) is 11.5 Å². The van der Waals surface area contributed by atoms with Crippen LogP contribution in [0.15, 0.2) is 42.5 Å². The average molecular weight is 295 g/mol.